The Bertz CT molecular complexity index is 1110. The van der Waals surface area contributed by atoms with Gasteiger partial charge in [-0.25, -0.2) is 8.42 Å². The molecule has 0 aliphatic carbocycles. The van der Waals surface area contributed by atoms with E-state index in [0.717, 1.165) is 19.3 Å². The molecule has 0 spiro atoms. The van der Waals surface area contributed by atoms with Crippen molar-refractivity contribution in [3.8, 4) is 5.75 Å². The lowest BCUT2D eigenvalue weighted by molar-refractivity contribution is -0.117. The summed E-state index contributed by atoms with van der Waals surface area (Å²) in [6.07, 6.45) is 3.15. The largest absolute Gasteiger partial charge is 0.496 e. The van der Waals surface area contributed by atoms with Gasteiger partial charge in [0, 0.05) is 31.7 Å². The number of benzene rings is 2. The average Bonchev–Trinajstić information content (AvgIpc) is 3.44. The van der Waals surface area contributed by atoms with Gasteiger partial charge in [0.2, 0.25) is 5.91 Å². The molecule has 2 aliphatic heterocycles. The Labute approximate surface area is 181 Å². The summed E-state index contributed by atoms with van der Waals surface area (Å²) in [6.45, 7) is 1.92. The van der Waals surface area contributed by atoms with E-state index in [9.17, 15) is 18.0 Å². The Hall–Kier alpha value is -3.07. The number of nitrogens with zero attached hydrogens (tertiary/aromatic N) is 2. The number of likely N-dealkylation sites (tertiary alicyclic amines) is 1. The molecule has 0 radical (unpaired) electrons. The van der Waals surface area contributed by atoms with Crippen molar-refractivity contribution in [1.82, 2.24) is 4.90 Å². The van der Waals surface area contributed by atoms with Gasteiger partial charge in [-0.2, -0.15) is 0 Å². The zero-order valence-corrected chi connectivity index (χ0v) is 18.2. The van der Waals surface area contributed by atoms with Crippen LogP contribution >= 0.6 is 0 Å². The summed E-state index contributed by atoms with van der Waals surface area (Å²) in [5.74, 6) is 0.131. The number of carbonyl (C=O) groups is 2. The van der Waals surface area contributed by atoms with Crippen molar-refractivity contribution >= 4 is 33.2 Å². The predicted molar refractivity (Wildman–Crippen MR) is 117 cm³/mol. The molecule has 2 aromatic rings. The molecule has 8 nitrogen and oxygen atoms in total. The molecule has 0 saturated carbocycles. The number of hydrogen-bond donors (Lipinski definition) is 1. The van der Waals surface area contributed by atoms with E-state index in [1.54, 1.807) is 34.1 Å². The van der Waals surface area contributed by atoms with E-state index >= 15 is 0 Å². The quantitative estimate of drug-likeness (QED) is 0.741. The van der Waals surface area contributed by atoms with Crippen LogP contribution in [0.15, 0.2) is 47.4 Å². The van der Waals surface area contributed by atoms with Gasteiger partial charge >= 0.3 is 0 Å². The molecule has 0 aromatic heterocycles. The predicted octanol–water partition coefficient (Wildman–Crippen LogP) is 2.86. The van der Waals surface area contributed by atoms with Gasteiger partial charge in [0.1, 0.15) is 5.75 Å². The maximum absolute atomic E-state index is 13.0. The lowest BCUT2D eigenvalue weighted by Gasteiger charge is -2.19. The van der Waals surface area contributed by atoms with Gasteiger partial charge in [-0.1, -0.05) is 6.07 Å². The van der Waals surface area contributed by atoms with Crippen LogP contribution in [0.4, 0.5) is 11.4 Å². The number of hydrogen-bond acceptors (Lipinski definition) is 5. The first-order valence-electron chi connectivity index (χ1n) is 10.3. The Morgan fingerprint density at radius 2 is 1.81 bits per heavy atom. The molecule has 2 aromatic carbocycles. The highest BCUT2D eigenvalue weighted by Crippen LogP contribution is 2.28. The highest BCUT2D eigenvalue weighted by molar-refractivity contribution is 7.92. The Kier molecular flexibility index (Phi) is 5.86. The number of methoxy groups -OCH3 is 1. The Morgan fingerprint density at radius 3 is 2.48 bits per heavy atom. The molecule has 0 bridgehead atoms. The van der Waals surface area contributed by atoms with Gasteiger partial charge in [-0.05, 0) is 55.7 Å². The number of amides is 2. The van der Waals surface area contributed by atoms with E-state index in [-0.39, 0.29) is 22.3 Å². The summed E-state index contributed by atoms with van der Waals surface area (Å²) in [5, 5.41) is 0. The maximum atomic E-state index is 13.0. The van der Waals surface area contributed by atoms with Crippen LogP contribution in [0.3, 0.4) is 0 Å². The van der Waals surface area contributed by atoms with Gasteiger partial charge in [-0.3, -0.25) is 14.3 Å². The molecule has 164 valence electrons. The summed E-state index contributed by atoms with van der Waals surface area (Å²) in [7, 11) is -2.50. The molecule has 2 heterocycles. The van der Waals surface area contributed by atoms with E-state index < -0.39 is 10.0 Å². The lowest BCUT2D eigenvalue weighted by atomic mass is 10.1. The molecular weight excluding hydrogens is 418 g/mol. The summed E-state index contributed by atoms with van der Waals surface area (Å²) in [6, 6.07) is 11.0. The monoisotopic (exact) mass is 443 g/mol. The summed E-state index contributed by atoms with van der Waals surface area (Å²) < 4.78 is 33.9. The molecule has 1 N–H and O–H groups in total. The van der Waals surface area contributed by atoms with Crippen LogP contribution in [0.25, 0.3) is 0 Å². The zero-order chi connectivity index (χ0) is 22.0. The molecule has 0 atom stereocenters. The van der Waals surface area contributed by atoms with Crippen molar-refractivity contribution in [3.05, 3.63) is 48.0 Å². The second-order valence-electron chi connectivity index (χ2n) is 7.67. The van der Waals surface area contributed by atoms with Crippen LogP contribution in [-0.4, -0.2) is 51.9 Å². The van der Waals surface area contributed by atoms with E-state index in [1.165, 1.54) is 25.3 Å². The second-order valence-corrected chi connectivity index (χ2v) is 9.35. The topological polar surface area (TPSA) is 96.0 Å². The average molecular weight is 444 g/mol. The van der Waals surface area contributed by atoms with Gasteiger partial charge < -0.3 is 14.5 Å². The zero-order valence-electron chi connectivity index (χ0n) is 17.3. The third-order valence-corrected chi connectivity index (χ3v) is 6.97. The standard InChI is InChI=1S/C22H25N3O5S/c1-30-20-10-9-18(15-19(20)22(27)24-11-2-3-12-24)31(28,29)23-16-6-4-7-17(14-16)25-13-5-8-21(25)26/h4,6-7,9-10,14-15,23H,2-3,5,8,11-13H2,1H3. The second kappa shape index (κ2) is 8.58. The Balaban J connectivity index is 1.61. The number of carbonyl (C=O) groups excluding carboxylic acids is 2. The highest BCUT2D eigenvalue weighted by atomic mass is 32.2. The van der Waals surface area contributed by atoms with Gasteiger partial charge in [0.15, 0.2) is 0 Å². The molecular formula is C22H25N3O5S. The van der Waals surface area contributed by atoms with Crippen molar-refractivity contribution in [2.45, 2.75) is 30.6 Å². The molecule has 2 saturated heterocycles. The van der Waals surface area contributed by atoms with Crippen molar-refractivity contribution < 1.29 is 22.7 Å². The van der Waals surface area contributed by atoms with E-state index in [0.29, 0.717) is 43.2 Å². The van der Waals surface area contributed by atoms with Crippen LogP contribution in [0, 0.1) is 0 Å². The smallest absolute Gasteiger partial charge is 0.261 e. The van der Waals surface area contributed by atoms with E-state index in [2.05, 4.69) is 4.72 Å². The minimum absolute atomic E-state index is 0.0280. The molecule has 2 aliphatic rings. The SMILES string of the molecule is COc1ccc(S(=O)(=O)Nc2cccc(N3CCCC3=O)c2)cc1C(=O)N1CCCC1. The third kappa shape index (κ3) is 4.36. The molecule has 4 rings (SSSR count). The van der Waals surface area contributed by atoms with Gasteiger partial charge in [0.25, 0.3) is 15.9 Å². The van der Waals surface area contributed by atoms with Gasteiger partial charge in [0.05, 0.1) is 23.3 Å². The number of rotatable bonds is 6. The minimum Gasteiger partial charge on any atom is -0.496 e. The molecule has 2 amide bonds. The molecule has 9 heteroatoms. The minimum atomic E-state index is -3.95. The number of nitrogens with one attached hydrogen (secondary N) is 1. The fraction of sp³-hybridized carbons (Fsp3) is 0.364. The van der Waals surface area contributed by atoms with Crippen molar-refractivity contribution in [1.29, 1.82) is 0 Å². The van der Waals surface area contributed by atoms with Crippen LogP contribution in [0.1, 0.15) is 36.0 Å². The molecule has 0 unspecified atom stereocenters. The van der Waals surface area contributed by atoms with Crippen LogP contribution < -0.4 is 14.4 Å². The maximum Gasteiger partial charge on any atom is 0.261 e. The highest BCUT2D eigenvalue weighted by Gasteiger charge is 2.26. The van der Waals surface area contributed by atoms with Crippen LogP contribution in [0.5, 0.6) is 5.75 Å². The van der Waals surface area contributed by atoms with Crippen molar-refractivity contribution in [2.24, 2.45) is 0 Å². The summed E-state index contributed by atoms with van der Waals surface area (Å²) >= 11 is 0. The lowest BCUT2D eigenvalue weighted by Crippen LogP contribution is -2.28. The number of ether oxygens (including phenoxy) is 1. The fourth-order valence-electron chi connectivity index (χ4n) is 3.98. The first-order valence-corrected chi connectivity index (χ1v) is 11.8. The first kappa shape index (κ1) is 21.2. The van der Waals surface area contributed by atoms with E-state index in [4.69, 9.17) is 4.74 Å². The van der Waals surface area contributed by atoms with Crippen LogP contribution in [-0.2, 0) is 14.8 Å². The normalized spacial score (nSPS) is 16.6. The van der Waals surface area contributed by atoms with Crippen LogP contribution in [0.2, 0.25) is 0 Å². The fourth-order valence-corrected chi connectivity index (χ4v) is 5.06. The Morgan fingerprint density at radius 1 is 1.03 bits per heavy atom. The summed E-state index contributed by atoms with van der Waals surface area (Å²) in [4.78, 5) is 28.2. The van der Waals surface area contributed by atoms with Crippen molar-refractivity contribution in [2.75, 3.05) is 36.4 Å². The number of anilines is 2. The van der Waals surface area contributed by atoms with Crippen molar-refractivity contribution in [3.63, 3.8) is 0 Å². The summed E-state index contributed by atoms with van der Waals surface area (Å²) in [5.41, 5.74) is 1.23. The first-order chi connectivity index (χ1) is 14.9. The number of sulfonamides is 1. The van der Waals surface area contributed by atoms with Gasteiger partial charge in [-0.15, -0.1) is 0 Å². The third-order valence-electron chi connectivity index (χ3n) is 5.59. The molecule has 31 heavy (non-hydrogen) atoms. The van der Waals surface area contributed by atoms with E-state index in [1.807, 2.05) is 0 Å². The molecule has 2 fully saturated rings.